The smallest absolute Gasteiger partial charge is 0.211 e. The van der Waals surface area contributed by atoms with E-state index in [1.165, 1.54) is 0 Å². The molecule has 31 heavy (non-hydrogen) atoms. The van der Waals surface area contributed by atoms with Crippen LogP contribution in [-0.2, 0) is 17.9 Å². The summed E-state index contributed by atoms with van der Waals surface area (Å²) in [6.07, 6.45) is -3.85. The Hall–Kier alpha value is 0.494. The van der Waals surface area contributed by atoms with Crippen LogP contribution in [0.5, 0.6) is 0 Å². The van der Waals surface area contributed by atoms with Gasteiger partial charge in [0, 0.05) is 0 Å². The van der Waals surface area contributed by atoms with E-state index in [9.17, 15) is 0 Å². The lowest BCUT2D eigenvalue weighted by Crippen LogP contribution is -2.55. The monoisotopic (exact) mass is 498 g/mol. The van der Waals surface area contributed by atoms with Crippen molar-refractivity contribution in [3.63, 3.8) is 0 Å². The van der Waals surface area contributed by atoms with Gasteiger partial charge in [-0.1, -0.05) is 83.1 Å². The maximum absolute atomic E-state index is 15.4. The molecule has 4 atom stereocenters. The van der Waals surface area contributed by atoms with E-state index < -0.39 is 41.3 Å². The number of hydrogen-bond donors (Lipinski definition) is 0. The zero-order valence-corrected chi connectivity index (χ0v) is 24.6. The minimum Gasteiger partial charge on any atom is -0.413 e. The van der Waals surface area contributed by atoms with E-state index in [-0.39, 0.29) is 0 Å². The van der Waals surface area contributed by atoms with Crippen molar-refractivity contribution in [3.8, 4) is 0 Å². The Bertz CT molecular complexity index is 502. The standard InChI is InChI=1S/C23H48ClFO4Si2/c1-14(2)30(15(3)4,16(5)6)26-13-20-22(21(25)23(27-20)28-24)29-31(17(7)8,18(9)10)19(11)12/h14-23H,13H2,1-12H3/t20-,21-,22-,23-/m1/s1. The summed E-state index contributed by atoms with van der Waals surface area (Å²) < 4.78 is 39.8. The van der Waals surface area contributed by atoms with E-state index in [1.807, 2.05) is 0 Å². The fourth-order valence-electron chi connectivity index (χ4n) is 6.40. The summed E-state index contributed by atoms with van der Waals surface area (Å²) >= 11 is 5.59. The molecule has 1 saturated heterocycles. The fraction of sp³-hybridized carbons (Fsp3) is 1.00. The summed E-state index contributed by atoms with van der Waals surface area (Å²) in [6, 6.07) is 0. The van der Waals surface area contributed by atoms with Gasteiger partial charge in [0.2, 0.25) is 14.6 Å². The lowest BCUT2D eigenvalue weighted by atomic mass is 10.2. The van der Waals surface area contributed by atoms with Crippen LogP contribution in [0, 0.1) is 0 Å². The predicted molar refractivity (Wildman–Crippen MR) is 133 cm³/mol. The van der Waals surface area contributed by atoms with Crippen molar-refractivity contribution in [2.45, 2.75) is 141 Å². The number of halogens is 2. The Morgan fingerprint density at radius 1 is 0.742 bits per heavy atom. The van der Waals surface area contributed by atoms with E-state index >= 15 is 4.39 Å². The zero-order chi connectivity index (χ0) is 24.3. The van der Waals surface area contributed by atoms with Gasteiger partial charge < -0.3 is 13.6 Å². The van der Waals surface area contributed by atoms with Crippen LogP contribution in [0.15, 0.2) is 0 Å². The van der Waals surface area contributed by atoms with Gasteiger partial charge in [-0.15, -0.1) is 0 Å². The lowest BCUT2D eigenvalue weighted by molar-refractivity contribution is -0.100. The first-order valence-corrected chi connectivity index (χ1v) is 16.7. The Morgan fingerprint density at radius 3 is 1.45 bits per heavy atom. The van der Waals surface area contributed by atoms with Crippen LogP contribution in [0.4, 0.5) is 4.39 Å². The number of hydrogen-bond acceptors (Lipinski definition) is 4. The fourth-order valence-corrected chi connectivity index (χ4v) is 17.6. The molecule has 1 rings (SSSR count). The van der Waals surface area contributed by atoms with Gasteiger partial charge in [0.05, 0.1) is 18.5 Å². The van der Waals surface area contributed by atoms with Crippen molar-refractivity contribution >= 4 is 28.5 Å². The normalized spacial score (nSPS) is 25.9. The van der Waals surface area contributed by atoms with Crippen LogP contribution in [0.3, 0.4) is 0 Å². The van der Waals surface area contributed by atoms with Crippen molar-refractivity contribution in [1.82, 2.24) is 0 Å². The Labute approximate surface area is 198 Å². The van der Waals surface area contributed by atoms with Crippen molar-refractivity contribution < 1.29 is 22.3 Å². The molecule has 1 aliphatic rings. The van der Waals surface area contributed by atoms with Gasteiger partial charge in [-0.2, -0.15) is 0 Å². The van der Waals surface area contributed by atoms with Crippen LogP contribution in [0.2, 0.25) is 33.2 Å². The average molecular weight is 499 g/mol. The minimum absolute atomic E-state index is 0.307. The van der Waals surface area contributed by atoms with Crippen LogP contribution in [0.25, 0.3) is 0 Å². The molecule has 0 bridgehead atoms. The molecule has 0 spiro atoms. The summed E-state index contributed by atoms with van der Waals surface area (Å²) in [7, 11) is -4.45. The molecule has 186 valence electrons. The molecule has 1 aliphatic heterocycles. The van der Waals surface area contributed by atoms with Gasteiger partial charge in [-0.3, -0.25) is 0 Å². The van der Waals surface area contributed by atoms with Crippen LogP contribution >= 0.6 is 11.9 Å². The van der Waals surface area contributed by atoms with E-state index in [2.05, 4.69) is 83.1 Å². The molecule has 0 N–H and O–H groups in total. The maximum Gasteiger partial charge on any atom is 0.211 e. The van der Waals surface area contributed by atoms with Crippen molar-refractivity contribution in [3.05, 3.63) is 0 Å². The third kappa shape index (κ3) is 5.77. The average Bonchev–Trinajstić information content (AvgIpc) is 2.93. The van der Waals surface area contributed by atoms with Crippen molar-refractivity contribution in [2.24, 2.45) is 0 Å². The summed E-state index contributed by atoms with van der Waals surface area (Å²) in [5.74, 6) is 0. The highest BCUT2D eigenvalue weighted by Gasteiger charge is 2.55. The van der Waals surface area contributed by atoms with Crippen LogP contribution in [0.1, 0.15) is 83.1 Å². The second-order valence-corrected chi connectivity index (χ2v) is 22.2. The number of rotatable bonds is 12. The molecule has 0 aliphatic carbocycles. The maximum atomic E-state index is 15.4. The van der Waals surface area contributed by atoms with Crippen LogP contribution < -0.4 is 0 Å². The second-order valence-electron chi connectivity index (χ2n) is 11.1. The molecule has 8 heteroatoms. The molecule has 0 saturated carbocycles. The van der Waals surface area contributed by atoms with Gasteiger partial charge >= 0.3 is 0 Å². The Balaban J connectivity index is 3.26. The zero-order valence-electron chi connectivity index (χ0n) is 21.9. The highest BCUT2D eigenvalue weighted by atomic mass is 35.5. The largest absolute Gasteiger partial charge is 0.413 e. The van der Waals surface area contributed by atoms with Gasteiger partial charge in [0.1, 0.15) is 12.2 Å². The molecular weight excluding hydrogens is 451 g/mol. The van der Waals surface area contributed by atoms with Gasteiger partial charge in [0.25, 0.3) is 0 Å². The summed E-state index contributed by atoms with van der Waals surface area (Å²) in [6.45, 7) is 27.0. The van der Waals surface area contributed by atoms with Crippen molar-refractivity contribution in [1.29, 1.82) is 0 Å². The topological polar surface area (TPSA) is 36.9 Å². The molecule has 0 radical (unpaired) electrons. The second kappa shape index (κ2) is 11.8. The van der Waals surface area contributed by atoms with E-state index in [1.54, 1.807) is 0 Å². The van der Waals surface area contributed by atoms with E-state index in [0.717, 1.165) is 0 Å². The quantitative estimate of drug-likeness (QED) is 0.255. The first-order valence-electron chi connectivity index (χ1n) is 12.1. The van der Waals surface area contributed by atoms with Gasteiger partial charge in [-0.05, 0) is 33.2 Å². The van der Waals surface area contributed by atoms with Gasteiger partial charge in [0.15, 0.2) is 14.5 Å². The molecule has 0 amide bonds. The van der Waals surface area contributed by atoms with Gasteiger partial charge in [-0.25, -0.2) is 8.68 Å². The SMILES string of the molecule is CC(C)[Si](OC[C@H]1O[C@H](OCl)[C@H](F)[C@@H]1O[Si](C(C)C)(C(C)C)C(C)C)(C(C)C)C(C)C. The van der Waals surface area contributed by atoms with Crippen LogP contribution in [-0.4, -0.2) is 47.9 Å². The third-order valence-electron chi connectivity index (χ3n) is 7.59. The number of alkyl halides is 1. The molecule has 0 aromatic heterocycles. The highest BCUT2D eigenvalue weighted by molar-refractivity contribution is 6.78. The summed E-state index contributed by atoms with van der Waals surface area (Å²) in [5.41, 5.74) is 2.33. The summed E-state index contributed by atoms with van der Waals surface area (Å²) in [4.78, 5) is 0. The molecule has 0 unspecified atom stereocenters. The molecule has 0 aromatic rings. The minimum atomic E-state index is -2.32. The number of ether oxygens (including phenoxy) is 1. The molecular formula is C23H48ClFO4Si2. The Morgan fingerprint density at radius 2 is 1.13 bits per heavy atom. The molecule has 4 nitrogen and oxygen atoms in total. The highest BCUT2D eigenvalue weighted by Crippen LogP contribution is 2.46. The third-order valence-corrected chi connectivity index (χ3v) is 19.9. The molecule has 1 heterocycles. The first kappa shape index (κ1) is 29.5. The molecule has 1 fully saturated rings. The Kier molecular flexibility index (Phi) is 11.2. The summed E-state index contributed by atoms with van der Waals surface area (Å²) in [5, 5.41) is 0. The van der Waals surface area contributed by atoms with Crippen molar-refractivity contribution in [2.75, 3.05) is 6.61 Å². The first-order chi connectivity index (χ1) is 14.2. The lowest BCUT2D eigenvalue weighted by Gasteiger charge is -2.46. The molecule has 0 aromatic carbocycles. The predicted octanol–water partition coefficient (Wildman–Crippen LogP) is 7.97. The van der Waals surface area contributed by atoms with E-state index in [4.69, 9.17) is 29.7 Å². The van der Waals surface area contributed by atoms with E-state index in [0.29, 0.717) is 39.9 Å².